The van der Waals surface area contributed by atoms with Crippen LogP contribution in [0.25, 0.3) is 0 Å². The average molecular weight is 292 g/mol. The fraction of sp³-hybridized carbons (Fsp3) is 0.647. The van der Waals surface area contributed by atoms with Gasteiger partial charge in [-0.05, 0) is 49.9 Å². The van der Waals surface area contributed by atoms with Gasteiger partial charge in [0.05, 0.1) is 18.8 Å². The van der Waals surface area contributed by atoms with E-state index in [2.05, 4.69) is 30.1 Å². The zero-order chi connectivity index (χ0) is 14.8. The fourth-order valence-electron chi connectivity index (χ4n) is 2.95. The third kappa shape index (κ3) is 3.74. The molecule has 1 saturated carbocycles. The molecule has 1 aromatic carbocycles. The standard InChI is InChI=1S/C17H25FN2O/c1-3-16-11-21-12(2)10-20(16)17-7-13(6-14(18)8-17)9-19-15-4-5-15/h6-8,12,15-16,19H,3-5,9-11H2,1-2H3. The van der Waals surface area contributed by atoms with Crippen LogP contribution in [0.5, 0.6) is 0 Å². The van der Waals surface area contributed by atoms with E-state index in [1.54, 1.807) is 12.1 Å². The number of ether oxygens (including phenoxy) is 1. The lowest BCUT2D eigenvalue weighted by Gasteiger charge is -2.40. The maximum atomic E-state index is 14.0. The molecular weight excluding hydrogens is 267 g/mol. The molecule has 2 aliphatic rings. The predicted molar refractivity (Wildman–Crippen MR) is 83.1 cm³/mol. The van der Waals surface area contributed by atoms with Gasteiger partial charge in [0.1, 0.15) is 5.82 Å². The summed E-state index contributed by atoms with van der Waals surface area (Å²) in [4.78, 5) is 2.30. The van der Waals surface area contributed by atoms with E-state index in [4.69, 9.17) is 4.74 Å². The van der Waals surface area contributed by atoms with E-state index in [1.807, 2.05) is 0 Å². The van der Waals surface area contributed by atoms with E-state index in [-0.39, 0.29) is 11.9 Å². The van der Waals surface area contributed by atoms with Gasteiger partial charge in [-0.15, -0.1) is 0 Å². The van der Waals surface area contributed by atoms with Crippen LogP contribution in [0.1, 0.15) is 38.7 Å². The Morgan fingerprint density at radius 1 is 1.33 bits per heavy atom. The van der Waals surface area contributed by atoms with Crippen LogP contribution in [0.2, 0.25) is 0 Å². The van der Waals surface area contributed by atoms with Gasteiger partial charge in [0.25, 0.3) is 0 Å². The first-order valence-corrected chi connectivity index (χ1v) is 8.06. The zero-order valence-corrected chi connectivity index (χ0v) is 12.9. The van der Waals surface area contributed by atoms with Crippen LogP contribution in [0.15, 0.2) is 18.2 Å². The van der Waals surface area contributed by atoms with Crippen LogP contribution < -0.4 is 10.2 Å². The van der Waals surface area contributed by atoms with Crippen molar-refractivity contribution >= 4 is 5.69 Å². The SMILES string of the molecule is CCC1COC(C)CN1c1cc(F)cc(CNC2CC2)c1. The van der Waals surface area contributed by atoms with Crippen molar-refractivity contribution in [3.63, 3.8) is 0 Å². The molecule has 1 aliphatic carbocycles. The summed E-state index contributed by atoms with van der Waals surface area (Å²) in [5.74, 6) is -0.144. The summed E-state index contributed by atoms with van der Waals surface area (Å²) in [5, 5.41) is 3.45. The molecule has 1 aliphatic heterocycles. The van der Waals surface area contributed by atoms with Crippen molar-refractivity contribution in [2.45, 2.75) is 57.8 Å². The molecule has 0 aromatic heterocycles. The van der Waals surface area contributed by atoms with Crippen LogP contribution >= 0.6 is 0 Å². The highest BCUT2D eigenvalue weighted by molar-refractivity contribution is 5.50. The van der Waals surface area contributed by atoms with Gasteiger partial charge in [-0.2, -0.15) is 0 Å². The van der Waals surface area contributed by atoms with Crippen molar-refractivity contribution < 1.29 is 9.13 Å². The quantitative estimate of drug-likeness (QED) is 0.902. The van der Waals surface area contributed by atoms with Crippen LogP contribution in [-0.4, -0.2) is 31.3 Å². The first-order chi connectivity index (χ1) is 10.2. The number of morpholine rings is 1. The van der Waals surface area contributed by atoms with E-state index in [0.717, 1.165) is 37.4 Å². The van der Waals surface area contributed by atoms with Crippen molar-refractivity contribution in [3.05, 3.63) is 29.6 Å². The van der Waals surface area contributed by atoms with Crippen LogP contribution in [0, 0.1) is 5.82 Å². The number of halogens is 1. The minimum atomic E-state index is -0.144. The van der Waals surface area contributed by atoms with Gasteiger partial charge in [0.15, 0.2) is 0 Å². The molecule has 1 heterocycles. The predicted octanol–water partition coefficient (Wildman–Crippen LogP) is 3.08. The van der Waals surface area contributed by atoms with E-state index in [0.29, 0.717) is 12.1 Å². The molecule has 2 unspecified atom stereocenters. The second-order valence-corrected chi connectivity index (χ2v) is 6.33. The minimum Gasteiger partial charge on any atom is -0.375 e. The summed E-state index contributed by atoms with van der Waals surface area (Å²) in [7, 11) is 0. The highest BCUT2D eigenvalue weighted by Gasteiger charge is 2.26. The van der Waals surface area contributed by atoms with Crippen LogP contribution in [0.4, 0.5) is 10.1 Å². The number of rotatable bonds is 5. The molecular formula is C17H25FN2O. The second kappa shape index (κ2) is 6.32. The van der Waals surface area contributed by atoms with Crippen molar-refractivity contribution in [2.75, 3.05) is 18.1 Å². The van der Waals surface area contributed by atoms with E-state index in [1.165, 1.54) is 12.8 Å². The molecule has 0 spiro atoms. The molecule has 1 saturated heterocycles. The highest BCUT2D eigenvalue weighted by atomic mass is 19.1. The molecule has 21 heavy (non-hydrogen) atoms. The number of hydrogen-bond acceptors (Lipinski definition) is 3. The highest BCUT2D eigenvalue weighted by Crippen LogP contribution is 2.26. The van der Waals surface area contributed by atoms with Gasteiger partial charge < -0.3 is 15.0 Å². The lowest BCUT2D eigenvalue weighted by atomic mass is 10.1. The van der Waals surface area contributed by atoms with Gasteiger partial charge in [-0.1, -0.05) is 6.92 Å². The Hall–Kier alpha value is -1.13. The molecule has 0 amide bonds. The summed E-state index contributed by atoms with van der Waals surface area (Å²) in [6.07, 6.45) is 3.71. The van der Waals surface area contributed by atoms with Crippen molar-refractivity contribution in [2.24, 2.45) is 0 Å². The lowest BCUT2D eigenvalue weighted by Crippen LogP contribution is -2.48. The molecule has 0 radical (unpaired) electrons. The Kier molecular flexibility index (Phi) is 4.45. The number of nitrogens with one attached hydrogen (secondary N) is 1. The topological polar surface area (TPSA) is 24.5 Å². The molecule has 2 atom stereocenters. The summed E-state index contributed by atoms with van der Waals surface area (Å²) >= 11 is 0. The van der Waals surface area contributed by atoms with E-state index >= 15 is 0 Å². The Balaban J connectivity index is 1.78. The Labute approximate surface area is 126 Å². The maximum absolute atomic E-state index is 14.0. The number of anilines is 1. The number of hydrogen-bond donors (Lipinski definition) is 1. The minimum absolute atomic E-state index is 0.144. The van der Waals surface area contributed by atoms with Crippen molar-refractivity contribution in [3.8, 4) is 0 Å². The summed E-state index contributed by atoms with van der Waals surface area (Å²) in [6.45, 7) is 6.55. The molecule has 0 bridgehead atoms. The lowest BCUT2D eigenvalue weighted by molar-refractivity contribution is 0.0299. The summed E-state index contributed by atoms with van der Waals surface area (Å²) in [5.41, 5.74) is 2.02. The van der Waals surface area contributed by atoms with E-state index in [9.17, 15) is 4.39 Å². The zero-order valence-electron chi connectivity index (χ0n) is 12.9. The van der Waals surface area contributed by atoms with Gasteiger partial charge >= 0.3 is 0 Å². The summed E-state index contributed by atoms with van der Waals surface area (Å²) in [6, 6.07) is 6.40. The number of benzene rings is 1. The largest absolute Gasteiger partial charge is 0.375 e. The van der Waals surface area contributed by atoms with Crippen molar-refractivity contribution in [1.82, 2.24) is 5.32 Å². The van der Waals surface area contributed by atoms with Gasteiger partial charge in [0, 0.05) is 24.8 Å². The van der Waals surface area contributed by atoms with Gasteiger partial charge in [0.2, 0.25) is 0 Å². The van der Waals surface area contributed by atoms with Crippen LogP contribution in [0.3, 0.4) is 0 Å². The first kappa shape index (κ1) is 14.8. The monoisotopic (exact) mass is 292 g/mol. The Morgan fingerprint density at radius 2 is 2.14 bits per heavy atom. The van der Waals surface area contributed by atoms with Gasteiger partial charge in [-0.25, -0.2) is 4.39 Å². The molecule has 3 rings (SSSR count). The number of nitrogens with zero attached hydrogens (tertiary/aromatic N) is 1. The molecule has 1 aromatic rings. The second-order valence-electron chi connectivity index (χ2n) is 6.33. The molecule has 2 fully saturated rings. The third-order valence-electron chi connectivity index (χ3n) is 4.39. The Bertz CT molecular complexity index is 490. The van der Waals surface area contributed by atoms with E-state index < -0.39 is 0 Å². The average Bonchev–Trinajstić information content (AvgIpc) is 3.29. The van der Waals surface area contributed by atoms with Crippen LogP contribution in [-0.2, 0) is 11.3 Å². The molecule has 4 heteroatoms. The van der Waals surface area contributed by atoms with Gasteiger partial charge in [-0.3, -0.25) is 0 Å². The fourth-order valence-corrected chi connectivity index (χ4v) is 2.95. The van der Waals surface area contributed by atoms with Crippen molar-refractivity contribution in [1.29, 1.82) is 0 Å². The summed E-state index contributed by atoms with van der Waals surface area (Å²) < 4.78 is 19.7. The maximum Gasteiger partial charge on any atom is 0.125 e. The smallest absolute Gasteiger partial charge is 0.125 e. The Morgan fingerprint density at radius 3 is 2.86 bits per heavy atom. The first-order valence-electron chi connectivity index (χ1n) is 8.06. The molecule has 3 nitrogen and oxygen atoms in total. The molecule has 116 valence electrons. The molecule has 1 N–H and O–H groups in total. The third-order valence-corrected chi connectivity index (χ3v) is 4.39. The normalized spacial score (nSPS) is 26.1.